The SMILES string of the molecule is Cc1ccc(C(=O)CNc2ccccc2F)cc1. The summed E-state index contributed by atoms with van der Waals surface area (Å²) in [7, 11) is 0. The van der Waals surface area contributed by atoms with Crippen LogP contribution in [0.25, 0.3) is 0 Å². The fourth-order valence-corrected chi connectivity index (χ4v) is 1.62. The fourth-order valence-electron chi connectivity index (χ4n) is 1.62. The van der Waals surface area contributed by atoms with Crippen molar-refractivity contribution in [1.82, 2.24) is 0 Å². The van der Waals surface area contributed by atoms with E-state index in [9.17, 15) is 9.18 Å². The predicted molar refractivity (Wildman–Crippen MR) is 70.4 cm³/mol. The van der Waals surface area contributed by atoms with E-state index in [1.165, 1.54) is 6.07 Å². The number of halogens is 1. The van der Waals surface area contributed by atoms with Crippen LogP contribution in [0.4, 0.5) is 10.1 Å². The second-order valence-corrected chi connectivity index (χ2v) is 4.12. The highest BCUT2D eigenvalue weighted by atomic mass is 19.1. The number of benzene rings is 2. The van der Waals surface area contributed by atoms with Crippen molar-refractivity contribution in [1.29, 1.82) is 0 Å². The molecular formula is C15H14FNO. The van der Waals surface area contributed by atoms with Gasteiger partial charge in [-0.05, 0) is 19.1 Å². The van der Waals surface area contributed by atoms with E-state index in [4.69, 9.17) is 0 Å². The van der Waals surface area contributed by atoms with Crippen molar-refractivity contribution in [2.75, 3.05) is 11.9 Å². The van der Waals surface area contributed by atoms with E-state index in [0.717, 1.165) is 5.56 Å². The summed E-state index contributed by atoms with van der Waals surface area (Å²) in [5, 5.41) is 2.80. The molecule has 2 aromatic carbocycles. The molecule has 3 heteroatoms. The lowest BCUT2D eigenvalue weighted by atomic mass is 10.1. The molecule has 0 saturated heterocycles. The van der Waals surface area contributed by atoms with Gasteiger partial charge in [0.2, 0.25) is 0 Å². The molecule has 0 bridgehead atoms. The Bertz CT molecular complexity index is 549. The topological polar surface area (TPSA) is 29.1 Å². The summed E-state index contributed by atoms with van der Waals surface area (Å²) >= 11 is 0. The molecule has 0 radical (unpaired) electrons. The number of aryl methyl sites for hydroxylation is 1. The minimum atomic E-state index is -0.353. The highest BCUT2D eigenvalue weighted by Gasteiger charge is 2.06. The summed E-state index contributed by atoms with van der Waals surface area (Å²) < 4.78 is 13.3. The Kier molecular flexibility index (Phi) is 3.72. The number of para-hydroxylation sites is 1. The van der Waals surface area contributed by atoms with E-state index >= 15 is 0 Å². The Balaban J connectivity index is 2.01. The van der Waals surface area contributed by atoms with E-state index in [0.29, 0.717) is 11.3 Å². The first-order chi connectivity index (χ1) is 8.66. The first-order valence-corrected chi connectivity index (χ1v) is 5.75. The molecule has 0 aromatic heterocycles. The average Bonchev–Trinajstić information content (AvgIpc) is 2.38. The molecule has 0 aliphatic heterocycles. The van der Waals surface area contributed by atoms with Crippen molar-refractivity contribution in [3.63, 3.8) is 0 Å². The minimum absolute atomic E-state index is 0.0572. The van der Waals surface area contributed by atoms with E-state index in [1.807, 2.05) is 19.1 Å². The quantitative estimate of drug-likeness (QED) is 0.833. The zero-order valence-corrected chi connectivity index (χ0v) is 10.1. The molecule has 2 rings (SSSR count). The van der Waals surface area contributed by atoms with Gasteiger partial charge in [0.05, 0.1) is 12.2 Å². The molecule has 0 spiro atoms. The van der Waals surface area contributed by atoms with E-state index < -0.39 is 0 Å². The number of carbonyl (C=O) groups is 1. The normalized spacial score (nSPS) is 10.1. The number of carbonyl (C=O) groups excluding carboxylic acids is 1. The Hall–Kier alpha value is -2.16. The van der Waals surface area contributed by atoms with E-state index in [-0.39, 0.29) is 18.1 Å². The van der Waals surface area contributed by atoms with Crippen LogP contribution in [0.2, 0.25) is 0 Å². The monoisotopic (exact) mass is 243 g/mol. The van der Waals surface area contributed by atoms with Crippen LogP contribution in [0.15, 0.2) is 48.5 Å². The first-order valence-electron chi connectivity index (χ1n) is 5.75. The zero-order chi connectivity index (χ0) is 13.0. The number of rotatable bonds is 4. The van der Waals surface area contributed by atoms with Crippen molar-refractivity contribution < 1.29 is 9.18 Å². The molecule has 0 amide bonds. The average molecular weight is 243 g/mol. The van der Waals surface area contributed by atoms with Gasteiger partial charge < -0.3 is 5.32 Å². The van der Waals surface area contributed by atoms with Gasteiger partial charge in [-0.2, -0.15) is 0 Å². The van der Waals surface area contributed by atoms with Gasteiger partial charge >= 0.3 is 0 Å². The van der Waals surface area contributed by atoms with Crippen LogP contribution < -0.4 is 5.32 Å². The lowest BCUT2D eigenvalue weighted by Crippen LogP contribution is -2.14. The maximum atomic E-state index is 13.3. The van der Waals surface area contributed by atoms with Crippen LogP contribution in [0.5, 0.6) is 0 Å². The largest absolute Gasteiger partial charge is 0.375 e. The summed E-state index contributed by atoms with van der Waals surface area (Å²) in [6.07, 6.45) is 0. The van der Waals surface area contributed by atoms with Crippen molar-refractivity contribution in [2.45, 2.75) is 6.92 Å². The van der Waals surface area contributed by atoms with Crippen molar-refractivity contribution >= 4 is 11.5 Å². The van der Waals surface area contributed by atoms with Crippen LogP contribution in [-0.2, 0) is 0 Å². The maximum absolute atomic E-state index is 13.3. The van der Waals surface area contributed by atoms with E-state index in [2.05, 4.69) is 5.32 Å². The maximum Gasteiger partial charge on any atom is 0.181 e. The molecule has 0 aliphatic rings. The molecule has 0 heterocycles. The van der Waals surface area contributed by atoms with Crippen LogP contribution in [0.3, 0.4) is 0 Å². The number of Topliss-reactive ketones (excluding diaryl/α,β-unsaturated/α-hetero) is 1. The summed E-state index contributed by atoms with van der Waals surface area (Å²) in [6.45, 7) is 2.05. The molecule has 0 atom stereocenters. The first kappa shape index (κ1) is 12.3. The Labute approximate surface area is 105 Å². The van der Waals surface area contributed by atoms with Gasteiger partial charge in [0.1, 0.15) is 5.82 Å². The van der Waals surface area contributed by atoms with Gasteiger partial charge in [-0.3, -0.25) is 4.79 Å². The van der Waals surface area contributed by atoms with Crippen LogP contribution >= 0.6 is 0 Å². The third kappa shape index (κ3) is 2.94. The molecule has 0 aliphatic carbocycles. The van der Waals surface area contributed by atoms with E-state index in [1.54, 1.807) is 30.3 Å². The molecule has 0 fully saturated rings. The summed E-state index contributed by atoms with van der Waals surface area (Å²) in [5.74, 6) is -0.410. The predicted octanol–water partition coefficient (Wildman–Crippen LogP) is 3.43. The standard InChI is InChI=1S/C15H14FNO/c1-11-6-8-12(9-7-11)15(18)10-17-14-5-3-2-4-13(14)16/h2-9,17H,10H2,1H3. The molecule has 92 valence electrons. The third-order valence-corrected chi connectivity index (χ3v) is 2.69. The highest BCUT2D eigenvalue weighted by Crippen LogP contribution is 2.12. The summed E-state index contributed by atoms with van der Waals surface area (Å²) in [4.78, 5) is 11.9. The van der Waals surface area contributed by atoms with Gasteiger partial charge in [0, 0.05) is 5.56 Å². The number of hydrogen-bond acceptors (Lipinski definition) is 2. The molecule has 18 heavy (non-hydrogen) atoms. The number of anilines is 1. The lowest BCUT2D eigenvalue weighted by Gasteiger charge is -2.06. The molecule has 2 nitrogen and oxygen atoms in total. The Morgan fingerprint density at radius 1 is 1.11 bits per heavy atom. The molecular weight excluding hydrogens is 229 g/mol. The van der Waals surface area contributed by atoms with Crippen molar-refractivity contribution in [3.8, 4) is 0 Å². The highest BCUT2D eigenvalue weighted by molar-refractivity contribution is 5.98. The van der Waals surface area contributed by atoms with Crippen LogP contribution in [-0.4, -0.2) is 12.3 Å². The second-order valence-electron chi connectivity index (χ2n) is 4.12. The zero-order valence-electron chi connectivity index (χ0n) is 10.1. The van der Waals surface area contributed by atoms with Crippen molar-refractivity contribution in [3.05, 3.63) is 65.5 Å². The summed E-state index contributed by atoms with van der Waals surface area (Å²) in [5.41, 5.74) is 2.08. The van der Waals surface area contributed by atoms with Gasteiger partial charge in [-0.15, -0.1) is 0 Å². The van der Waals surface area contributed by atoms with Gasteiger partial charge in [0.25, 0.3) is 0 Å². The van der Waals surface area contributed by atoms with Crippen LogP contribution in [0, 0.1) is 12.7 Å². The number of hydrogen-bond donors (Lipinski definition) is 1. The minimum Gasteiger partial charge on any atom is -0.375 e. The Morgan fingerprint density at radius 3 is 2.44 bits per heavy atom. The molecule has 1 N–H and O–H groups in total. The third-order valence-electron chi connectivity index (χ3n) is 2.69. The van der Waals surface area contributed by atoms with Crippen molar-refractivity contribution in [2.24, 2.45) is 0 Å². The Morgan fingerprint density at radius 2 is 1.78 bits per heavy atom. The smallest absolute Gasteiger partial charge is 0.181 e. The summed E-state index contributed by atoms with van der Waals surface area (Å²) in [6, 6.07) is 13.6. The molecule has 2 aromatic rings. The fraction of sp³-hybridized carbons (Fsp3) is 0.133. The van der Waals surface area contributed by atoms with Gasteiger partial charge in [-0.25, -0.2) is 4.39 Å². The second kappa shape index (κ2) is 5.45. The number of ketones is 1. The lowest BCUT2D eigenvalue weighted by molar-refractivity contribution is 0.101. The van der Waals surface area contributed by atoms with Gasteiger partial charge in [-0.1, -0.05) is 42.0 Å². The molecule has 0 saturated carbocycles. The van der Waals surface area contributed by atoms with Crippen LogP contribution in [0.1, 0.15) is 15.9 Å². The molecule has 0 unspecified atom stereocenters. The van der Waals surface area contributed by atoms with Gasteiger partial charge in [0.15, 0.2) is 5.78 Å². The number of nitrogens with one attached hydrogen (secondary N) is 1.